The fourth-order valence-corrected chi connectivity index (χ4v) is 1.43. The molecule has 1 aromatic carbocycles. The van der Waals surface area contributed by atoms with E-state index in [4.69, 9.17) is 4.74 Å². The van der Waals surface area contributed by atoms with Crippen LogP contribution in [0.1, 0.15) is 12.8 Å². The van der Waals surface area contributed by atoms with E-state index in [-0.39, 0.29) is 0 Å². The van der Waals surface area contributed by atoms with Crippen LogP contribution in [0.25, 0.3) is 0 Å². The quantitative estimate of drug-likeness (QED) is 0.818. The first-order chi connectivity index (χ1) is 7.19. The van der Waals surface area contributed by atoms with Crippen molar-refractivity contribution in [2.75, 3.05) is 31.4 Å². The Morgan fingerprint density at radius 3 is 2.53 bits per heavy atom. The lowest BCUT2D eigenvalue weighted by atomic mass is 10.2. The van der Waals surface area contributed by atoms with Crippen molar-refractivity contribution < 1.29 is 4.74 Å². The van der Waals surface area contributed by atoms with Crippen molar-refractivity contribution in [3.05, 3.63) is 18.2 Å². The maximum absolute atomic E-state index is 5.79. The molecule has 0 radical (unpaired) electrons. The fraction of sp³-hybridized carbons (Fsp3) is 0.500. The Kier molecular flexibility index (Phi) is 2.71. The van der Waals surface area contributed by atoms with Crippen LogP contribution in [-0.2, 0) is 0 Å². The summed E-state index contributed by atoms with van der Waals surface area (Å²) in [6.07, 6.45) is 2.84. The summed E-state index contributed by atoms with van der Waals surface area (Å²) in [7, 11) is 6.00. The van der Waals surface area contributed by atoms with E-state index in [0.29, 0.717) is 6.10 Å². The number of rotatable bonds is 4. The molecule has 0 saturated heterocycles. The number of anilines is 2. The molecule has 1 fully saturated rings. The molecule has 1 aliphatic carbocycles. The van der Waals surface area contributed by atoms with Gasteiger partial charge in [-0.2, -0.15) is 0 Å². The third-order valence-corrected chi connectivity index (χ3v) is 2.52. The molecule has 2 rings (SSSR count). The zero-order valence-corrected chi connectivity index (χ0v) is 9.58. The first kappa shape index (κ1) is 10.1. The highest BCUT2D eigenvalue weighted by Gasteiger charge is 2.23. The molecule has 1 N–H and O–H groups in total. The smallest absolute Gasteiger partial charge is 0.123 e. The van der Waals surface area contributed by atoms with Crippen LogP contribution in [0.5, 0.6) is 5.75 Å². The third-order valence-electron chi connectivity index (χ3n) is 2.52. The molecule has 0 aromatic heterocycles. The Balaban J connectivity index is 2.23. The third kappa shape index (κ3) is 2.55. The summed E-state index contributed by atoms with van der Waals surface area (Å²) in [6.45, 7) is 0. The molecule has 1 aliphatic rings. The summed E-state index contributed by atoms with van der Waals surface area (Å²) in [5.74, 6) is 0.966. The van der Waals surface area contributed by atoms with Gasteiger partial charge in [-0.1, -0.05) is 0 Å². The summed E-state index contributed by atoms with van der Waals surface area (Å²) < 4.78 is 5.79. The minimum Gasteiger partial charge on any atom is -0.490 e. The van der Waals surface area contributed by atoms with Gasteiger partial charge >= 0.3 is 0 Å². The van der Waals surface area contributed by atoms with Crippen molar-refractivity contribution in [1.82, 2.24) is 0 Å². The summed E-state index contributed by atoms with van der Waals surface area (Å²) in [4.78, 5) is 2.08. The van der Waals surface area contributed by atoms with Gasteiger partial charge in [-0.05, 0) is 18.9 Å². The predicted molar refractivity (Wildman–Crippen MR) is 64.0 cm³/mol. The molecule has 15 heavy (non-hydrogen) atoms. The molecule has 0 spiro atoms. The van der Waals surface area contributed by atoms with Crippen LogP contribution in [0.4, 0.5) is 11.4 Å². The number of ether oxygens (including phenoxy) is 1. The lowest BCUT2D eigenvalue weighted by Gasteiger charge is -2.16. The van der Waals surface area contributed by atoms with E-state index in [1.165, 1.54) is 12.8 Å². The van der Waals surface area contributed by atoms with Crippen LogP contribution in [0.2, 0.25) is 0 Å². The summed E-state index contributed by atoms with van der Waals surface area (Å²) >= 11 is 0. The lowest BCUT2D eigenvalue weighted by Crippen LogP contribution is -2.09. The highest BCUT2D eigenvalue weighted by atomic mass is 16.5. The second-order valence-corrected chi connectivity index (χ2v) is 4.18. The lowest BCUT2D eigenvalue weighted by molar-refractivity contribution is 0.303. The maximum Gasteiger partial charge on any atom is 0.123 e. The summed E-state index contributed by atoms with van der Waals surface area (Å²) in [6, 6.07) is 6.24. The second-order valence-electron chi connectivity index (χ2n) is 4.18. The first-order valence-electron chi connectivity index (χ1n) is 5.36. The van der Waals surface area contributed by atoms with E-state index >= 15 is 0 Å². The van der Waals surface area contributed by atoms with E-state index < -0.39 is 0 Å². The molecule has 3 heteroatoms. The number of hydrogen-bond acceptors (Lipinski definition) is 3. The van der Waals surface area contributed by atoms with Crippen LogP contribution < -0.4 is 15.0 Å². The largest absolute Gasteiger partial charge is 0.490 e. The van der Waals surface area contributed by atoms with Crippen LogP contribution >= 0.6 is 0 Å². The van der Waals surface area contributed by atoms with Gasteiger partial charge in [-0.15, -0.1) is 0 Å². The van der Waals surface area contributed by atoms with Crippen molar-refractivity contribution in [2.24, 2.45) is 0 Å². The molecule has 0 unspecified atom stereocenters. The molecule has 0 heterocycles. The van der Waals surface area contributed by atoms with E-state index in [1.54, 1.807) is 0 Å². The number of hydrogen-bond donors (Lipinski definition) is 1. The van der Waals surface area contributed by atoms with E-state index in [0.717, 1.165) is 17.1 Å². The monoisotopic (exact) mass is 206 g/mol. The van der Waals surface area contributed by atoms with Gasteiger partial charge in [0.1, 0.15) is 5.75 Å². The number of nitrogens with zero attached hydrogens (tertiary/aromatic N) is 1. The molecule has 0 atom stereocenters. The predicted octanol–water partition coefficient (Wildman–Crippen LogP) is 2.34. The van der Waals surface area contributed by atoms with Crippen molar-refractivity contribution in [3.63, 3.8) is 0 Å². The SMILES string of the molecule is CNc1cc(OC2CC2)cc(N(C)C)c1. The summed E-state index contributed by atoms with van der Waals surface area (Å²) in [5, 5.41) is 3.15. The topological polar surface area (TPSA) is 24.5 Å². The molecule has 0 aliphatic heterocycles. The number of benzene rings is 1. The van der Waals surface area contributed by atoms with E-state index in [2.05, 4.69) is 22.3 Å². The van der Waals surface area contributed by atoms with Crippen LogP contribution in [0.3, 0.4) is 0 Å². The van der Waals surface area contributed by atoms with Crippen molar-refractivity contribution in [2.45, 2.75) is 18.9 Å². The fourth-order valence-electron chi connectivity index (χ4n) is 1.43. The second kappa shape index (κ2) is 4.01. The maximum atomic E-state index is 5.79. The Morgan fingerprint density at radius 2 is 2.00 bits per heavy atom. The highest BCUT2D eigenvalue weighted by molar-refractivity contribution is 5.61. The highest BCUT2D eigenvalue weighted by Crippen LogP contribution is 2.31. The molecule has 1 saturated carbocycles. The molecular weight excluding hydrogens is 188 g/mol. The summed E-state index contributed by atoms with van der Waals surface area (Å²) in [5.41, 5.74) is 2.26. The van der Waals surface area contributed by atoms with Crippen LogP contribution in [0.15, 0.2) is 18.2 Å². The Morgan fingerprint density at radius 1 is 1.27 bits per heavy atom. The molecule has 82 valence electrons. The van der Waals surface area contributed by atoms with Gasteiger partial charge in [0.25, 0.3) is 0 Å². The van der Waals surface area contributed by atoms with E-state index in [1.807, 2.05) is 27.2 Å². The molecule has 1 aromatic rings. The first-order valence-corrected chi connectivity index (χ1v) is 5.36. The van der Waals surface area contributed by atoms with Gasteiger partial charge in [0.15, 0.2) is 0 Å². The molecule has 0 amide bonds. The van der Waals surface area contributed by atoms with Crippen LogP contribution in [0, 0.1) is 0 Å². The van der Waals surface area contributed by atoms with Gasteiger partial charge in [0.2, 0.25) is 0 Å². The van der Waals surface area contributed by atoms with Gasteiger partial charge in [-0.25, -0.2) is 0 Å². The average molecular weight is 206 g/mol. The Hall–Kier alpha value is -1.38. The van der Waals surface area contributed by atoms with E-state index in [9.17, 15) is 0 Å². The van der Waals surface area contributed by atoms with Gasteiger partial charge < -0.3 is 15.0 Å². The average Bonchev–Trinajstić information content (AvgIpc) is 3.01. The van der Waals surface area contributed by atoms with Crippen molar-refractivity contribution >= 4 is 11.4 Å². The molecule has 0 bridgehead atoms. The minimum absolute atomic E-state index is 0.451. The zero-order valence-electron chi connectivity index (χ0n) is 9.58. The minimum atomic E-state index is 0.451. The number of nitrogens with one attached hydrogen (secondary N) is 1. The molecule has 3 nitrogen and oxygen atoms in total. The standard InChI is InChI=1S/C12H18N2O/c1-13-9-6-10(14(2)3)8-12(7-9)15-11-4-5-11/h6-8,11,13H,4-5H2,1-3H3. The normalized spacial score (nSPS) is 14.9. The van der Waals surface area contributed by atoms with Gasteiger partial charge in [0.05, 0.1) is 6.10 Å². The van der Waals surface area contributed by atoms with Crippen LogP contribution in [-0.4, -0.2) is 27.2 Å². The Bertz CT molecular complexity index is 345. The molecular formula is C12H18N2O. The zero-order chi connectivity index (χ0) is 10.8. The van der Waals surface area contributed by atoms with Gasteiger partial charge in [0, 0.05) is 44.7 Å². The Labute approximate surface area is 91.0 Å². The van der Waals surface area contributed by atoms with Crippen molar-refractivity contribution in [1.29, 1.82) is 0 Å². The van der Waals surface area contributed by atoms with Gasteiger partial charge in [-0.3, -0.25) is 0 Å². The van der Waals surface area contributed by atoms with Crippen molar-refractivity contribution in [3.8, 4) is 5.75 Å².